The largest absolute Gasteiger partial charge is 0.329 e. The highest BCUT2D eigenvalue weighted by atomic mass is 32.1. The fraction of sp³-hybridized carbons (Fsp3) is 0.611. The molecule has 1 aliphatic carbocycles. The lowest BCUT2D eigenvalue weighted by Gasteiger charge is -2.34. The van der Waals surface area contributed by atoms with Gasteiger partial charge in [0.2, 0.25) is 0 Å². The number of thiophene rings is 1. The second kappa shape index (κ2) is 7.00. The molecular weight excluding hydrogens is 352 g/mol. The SMILES string of the molecule is O=C(c1cccs1)N1CC[NH+](CN2C(=O)NC3(CCCCC3)C2=O)CC1. The zero-order valence-electron chi connectivity index (χ0n) is 14.8. The van der Waals surface area contributed by atoms with E-state index in [1.165, 1.54) is 21.1 Å². The van der Waals surface area contributed by atoms with Crippen LogP contribution in [0.5, 0.6) is 0 Å². The van der Waals surface area contributed by atoms with Gasteiger partial charge in [-0.1, -0.05) is 25.3 Å². The highest BCUT2D eigenvalue weighted by molar-refractivity contribution is 7.12. The standard InChI is InChI=1S/C18H24N4O3S/c23-15(14-5-4-12-26-14)21-10-8-20(9-11-21)13-22-16(24)18(19-17(22)25)6-2-1-3-7-18/h4-5,12H,1-3,6-11,13H2,(H,19,25)/p+1. The quantitative estimate of drug-likeness (QED) is 0.744. The first-order valence-corrected chi connectivity index (χ1v) is 10.3. The molecule has 4 rings (SSSR count). The fourth-order valence-electron chi connectivity index (χ4n) is 4.28. The summed E-state index contributed by atoms with van der Waals surface area (Å²) in [6.07, 6.45) is 4.64. The minimum absolute atomic E-state index is 0.0493. The van der Waals surface area contributed by atoms with E-state index in [9.17, 15) is 14.4 Å². The van der Waals surface area contributed by atoms with Crippen molar-refractivity contribution in [3.63, 3.8) is 0 Å². The Labute approximate surface area is 156 Å². The van der Waals surface area contributed by atoms with E-state index in [4.69, 9.17) is 0 Å². The third-order valence-corrected chi connectivity index (χ3v) is 6.68. The van der Waals surface area contributed by atoms with Crippen LogP contribution in [0.25, 0.3) is 0 Å². The highest BCUT2D eigenvalue weighted by Crippen LogP contribution is 2.33. The summed E-state index contributed by atoms with van der Waals surface area (Å²) in [5, 5.41) is 4.88. The van der Waals surface area contributed by atoms with Gasteiger partial charge in [-0.15, -0.1) is 11.3 Å². The van der Waals surface area contributed by atoms with Gasteiger partial charge in [0.25, 0.3) is 11.8 Å². The van der Waals surface area contributed by atoms with E-state index in [2.05, 4.69) is 5.32 Å². The van der Waals surface area contributed by atoms with Crippen LogP contribution in [0.3, 0.4) is 0 Å². The number of piperazine rings is 1. The van der Waals surface area contributed by atoms with Gasteiger partial charge < -0.3 is 15.1 Å². The van der Waals surface area contributed by atoms with Crippen LogP contribution in [0.1, 0.15) is 41.8 Å². The lowest BCUT2D eigenvalue weighted by molar-refractivity contribution is -0.911. The van der Waals surface area contributed by atoms with E-state index in [-0.39, 0.29) is 17.8 Å². The Balaban J connectivity index is 1.34. The van der Waals surface area contributed by atoms with Crippen LogP contribution in [-0.2, 0) is 4.79 Å². The number of amides is 4. The van der Waals surface area contributed by atoms with E-state index in [0.29, 0.717) is 19.8 Å². The summed E-state index contributed by atoms with van der Waals surface area (Å²) in [5.74, 6) is 0.0296. The number of carbonyl (C=O) groups is 3. The van der Waals surface area contributed by atoms with Crippen LogP contribution in [-0.4, -0.2) is 66.0 Å². The van der Waals surface area contributed by atoms with E-state index < -0.39 is 5.54 Å². The first kappa shape index (κ1) is 17.5. The molecule has 0 atom stereocenters. The Morgan fingerprint density at radius 3 is 2.58 bits per heavy atom. The molecule has 3 fully saturated rings. The Kier molecular flexibility index (Phi) is 4.71. The molecule has 4 amide bonds. The van der Waals surface area contributed by atoms with E-state index in [0.717, 1.165) is 50.1 Å². The number of imide groups is 1. The van der Waals surface area contributed by atoms with E-state index in [1.54, 1.807) is 0 Å². The van der Waals surface area contributed by atoms with Crippen LogP contribution in [0.2, 0.25) is 0 Å². The monoisotopic (exact) mass is 377 g/mol. The molecule has 140 valence electrons. The first-order valence-electron chi connectivity index (χ1n) is 9.39. The van der Waals surface area contributed by atoms with Crippen molar-refractivity contribution in [1.82, 2.24) is 15.1 Å². The topological polar surface area (TPSA) is 74.2 Å². The van der Waals surface area contributed by atoms with Crippen molar-refractivity contribution in [3.05, 3.63) is 22.4 Å². The summed E-state index contributed by atoms with van der Waals surface area (Å²) < 4.78 is 0. The minimum atomic E-state index is -0.647. The van der Waals surface area contributed by atoms with Crippen molar-refractivity contribution < 1.29 is 19.3 Å². The number of hydrogen-bond acceptors (Lipinski definition) is 4. The molecule has 7 nitrogen and oxygen atoms in total. The molecule has 2 N–H and O–H groups in total. The summed E-state index contributed by atoms with van der Waals surface area (Å²) in [5.41, 5.74) is -0.647. The predicted molar refractivity (Wildman–Crippen MR) is 97.0 cm³/mol. The molecule has 0 aromatic carbocycles. The zero-order valence-corrected chi connectivity index (χ0v) is 15.6. The van der Waals surface area contributed by atoms with Gasteiger partial charge in [0, 0.05) is 0 Å². The maximum absolute atomic E-state index is 12.9. The van der Waals surface area contributed by atoms with Crippen molar-refractivity contribution in [2.24, 2.45) is 0 Å². The summed E-state index contributed by atoms with van der Waals surface area (Å²) in [6, 6.07) is 3.49. The molecule has 2 aliphatic heterocycles. The lowest BCUT2D eigenvalue weighted by atomic mass is 9.82. The van der Waals surface area contributed by atoms with Crippen LogP contribution in [0, 0.1) is 0 Å². The second-order valence-electron chi connectivity index (χ2n) is 7.48. The Morgan fingerprint density at radius 2 is 1.92 bits per heavy atom. The summed E-state index contributed by atoms with van der Waals surface area (Å²) in [6.45, 7) is 3.21. The van der Waals surface area contributed by atoms with Crippen LogP contribution in [0.4, 0.5) is 4.79 Å². The van der Waals surface area contributed by atoms with Crippen molar-refractivity contribution in [2.45, 2.75) is 37.6 Å². The van der Waals surface area contributed by atoms with Gasteiger partial charge in [0.1, 0.15) is 5.54 Å². The lowest BCUT2D eigenvalue weighted by Crippen LogP contribution is -3.16. The van der Waals surface area contributed by atoms with Crippen LogP contribution >= 0.6 is 11.3 Å². The molecular formula is C18H25N4O3S+. The number of nitrogens with one attached hydrogen (secondary N) is 2. The molecule has 0 bridgehead atoms. The average Bonchev–Trinajstić information content (AvgIpc) is 3.27. The summed E-state index contributed by atoms with van der Waals surface area (Å²) >= 11 is 1.46. The molecule has 1 spiro atoms. The fourth-order valence-corrected chi connectivity index (χ4v) is 4.97. The molecule has 3 aliphatic rings. The smallest absolute Gasteiger partial charge is 0.327 e. The Bertz CT molecular complexity index is 691. The van der Waals surface area contributed by atoms with Crippen molar-refractivity contribution in [2.75, 3.05) is 32.8 Å². The van der Waals surface area contributed by atoms with Gasteiger partial charge in [-0.25, -0.2) is 9.69 Å². The number of quaternary nitrogens is 1. The Morgan fingerprint density at radius 1 is 1.19 bits per heavy atom. The van der Waals surface area contributed by atoms with Gasteiger partial charge in [0.15, 0.2) is 6.67 Å². The van der Waals surface area contributed by atoms with Gasteiger partial charge in [-0.2, -0.15) is 0 Å². The predicted octanol–water partition coefficient (Wildman–Crippen LogP) is 0.301. The van der Waals surface area contributed by atoms with Gasteiger partial charge >= 0.3 is 6.03 Å². The molecule has 3 heterocycles. The molecule has 2 saturated heterocycles. The maximum atomic E-state index is 12.9. The molecule has 1 saturated carbocycles. The molecule has 0 radical (unpaired) electrons. The molecule has 26 heavy (non-hydrogen) atoms. The van der Waals surface area contributed by atoms with Gasteiger partial charge in [-0.05, 0) is 24.3 Å². The van der Waals surface area contributed by atoms with Crippen molar-refractivity contribution in [3.8, 4) is 0 Å². The van der Waals surface area contributed by atoms with Crippen molar-refractivity contribution >= 4 is 29.2 Å². The van der Waals surface area contributed by atoms with Gasteiger partial charge in [-0.3, -0.25) is 9.59 Å². The third-order valence-electron chi connectivity index (χ3n) is 5.82. The maximum Gasteiger partial charge on any atom is 0.329 e. The third kappa shape index (κ3) is 3.12. The number of urea groups is 1. The summed E-state index contributed by atoms with van der Waals surface area (Å²) in [7, 11) is 0. The molecule has 1 aromatic rings. The van der Waals surface area contributed by atoms with Crippen molar-refractivity contribution in [1.29, 1.82) is 0 Å². The number of carbonyl (C=O) groups excluding carboxylic acids is 3. The average molecular weight is 377 g/mol. The van der Waals surface area contributed by atoms with E-state index in [1.807, 2.05) is 22.4 Å². The molecule has 8 heteroatoms. The zero-order chi connectivity index (χ0) is 18.1. The molecule has 0 unspecified atom stereocenters. The van der Waals surface area contributed by atoms with Gasteiger partial charge in [0.05, 0.1) is 31.1 Å². The summed E-state index contributed by atoms with van der Waals surface area (Å²) in [4.78, 5) is 42.9. The normalized spacial score (nSPS) is 23.5. The van der Waals surface area contributed by atoms with Crippen LogP contribution in [0.15, 0.2) is 17.5 Å². The second-order valence-corrected chi connectivity index (χ2v) is 8.43. The van der Waals surface area contributed by atoms with Crippen LogP contribution < -0.4 is 10.2 Å². The van der Waals surface area contributed by atoms with E-state index >= 15 is 0 Å². The number of nitrogens with zero attached hydrogens (tertiary/aromatic N) is 2. The first-order chi connectivity index (χ1) is 12.6. The molecule has 1 aromatic heterocycles. The Hall–Kier alpha value is -1.93. The highest BCUT2D eigenvalue weighted by Gasteiger charge is 2.52. The number of rotatable bonds is 3. The minimum Gasteiger partial charge on any atom is -0.327 e. The number of hydrogen-bond donors (Lipinski definition) is 2.